The summed E-state index contributed by atoms with van der Waals surface area (Å²) in [6, 6.07) is 13.8. The van der Waals surface area contributed by atoms with E-state index in [1.165, 1.54) is 5.56 Å². The van der Waals surface area contributed by atoms with Gasteiger partial charge in [0, 0.05) is 4.47 Å². The highest BCUT2D eigenvalue weighted by Crippen LogP contribution is 2.27. The first kappa shape index (κ1) is 13.8. The molecule has 0 spiro atoms. The Morgan fingerprint density at radius 3 is 2.47 bits per heavy atom. The van der Waals surface area contributed by atoms with Gasteiger partial charge in [-0.25, -0.2) is 0 Å². The fourth-order valence-corrected chi connectivity index (χ4v) is 2.81. The molecule has 0 bridgehead atoms. The molecular weight excluding hydrogens is 302 g/mol. The summed E-state index contributed by atoms with van der Waals surface area (Å²) >= 11 is 3.50. The van der Waals surface area contributed by atoms with Gasteiger partial charge in [-0.15, -0.1) is 0 Å². The molecule has 0 aromatic heterocycles. The van der Waals surface area contributed by atoms with Crippen molar-refractivity contribution < 1.29 is 4.79 Å². The lowest BCUT2D eigenvalue weighted by molar-refractivity contribution is -0.115. The molecule has 0 aliphatic heterocycles. The van der Waals surface area contributed by atoms with E-state index in [0.29, 0.717) is 6.42 Å². The van der Waals surface area contributed by atoms with Crippen molar-refractivity contribution in [2.75, 3.05) is 5.32 Å². The molecule has 98 valence electrons. The molecule has 1 amide bonds. The van der Waals surface area contributed by atoms with Crippen molar-refractivity contribution in [1.29, 1.82) is 0 Å². The maximum Gasteiger partial charge on any atom is 0.228 e. The summed E-state index contributed by atoms with van der Waals surface area (Å²) in [5, 5.41) is 2.97. The predicted octanol–water partition coefficient (Wildman–Crippen LogP) is 4.25. The lowest BCUT2D eigenvalue weighted by Gasteiger charge is -2.11. The first-order chi connectivity index (χ1) is 9.06. The van der Waals surface area contributed by atoms with Gasteiger partial charge < -0.3 is 5.32 Å². The molecular formula is C16H16BrNO. The molecule has 2 aromatic rings. The van der Waals surface area contributed by atoms with Crippen LogP contribution in [0.1, 0.15) is 16.7 Å². The highest BCUT2D eigenvalue weighted by Gasteiger charge is 2.09. The second kappa shape index (κ2) is 6.02. The maximum absolute atomic E-state index is 12.0. The molecule has 2 nitrogen and oxygen atoms in total. The first-order valence-corrected chi connectivity index (χ1v) is 6.96. The minimum absolute atomic E-state index is 0.00106. The topological polar surface area (TPSA) is 29.1 Å². The molecule has 0 aliphatic rings. The van der Waals surface area contributed by atoms with E-state index in [0.717, 1.165) is 21.3 Å². The van der Waals surface area contributed by atoms with Gasteiger partial charge in [0.2, 0.25) is 5.91 Å². The quantitative estimate of drug-likeness (QED) is 0.901. The molecule has 0 atom stereocenters. The SMILES string of the molecule is Cc1cc(C)c(NC(=O)Cc2ccccc2)c(Br)c1. The van der Waals surface area contributed by atoms with Crippen LogP contribution in [0.15, 0.2) is 46.9 Å². The van der Waals surface area contributed by atoms with Crippen LogP contribution >= 0.6 is 15.9 Å². The molecule has 0 saturated heterocycles. The number of amides is 1. The molecule has 0 fully saturated rings. The molecule has 0 saturated carbocycles. The Hall–Kier alpha value is -1.61. The number of benzene rings is 2. The van der Waals surface area contributed by atoms with Crippen LogP contribution in [0.4, 0.5) is 5.69 Å². The Morgan fingerprint density at radius 1 is 1.16 bits per heavy atom. The largest absolute Gasteiger partial charge is 0.325 e. The first-order valence-electron chi connectivity index (χ1n) is 6.17. The van der Waals surface area contributed by atoms with Crippen molar-refractivity contribution in [3.63, 3.8) is 0 Å². The van der Waals surface area contributed by atoms with Crippen molar-refractivity contribution >= 4 is 27.5 Å². The molecule has 2 rings (SSSR count). The van der Waals surface area contributed by atoms with Crippen LogP contribution in [0.3, 0.4) is 0 Å². The van der Waals surface area contributed by atoms with Crippen LogP contribution in [-0.2, 0) is 11.2 Å². The number of anilines is 1. The zero-order valence-corrected chi connectivity index (χ0v) is 12.6. The fourth-order valence-electron chi connectivity index (χ4n) is 2.04. The summed E-state index contributed by atoms with van der Waals surface area (Å²) in [5.41, 5.74) is 4.10. The second-order valence-electron chi connectivity index (χ2n) is 4.65. The smallest absolute Gasteiger partial charge is 0.228 e. The number of nitrogens with one attached hydrogen (secondary N) is 1. The van der Waals surface area contributed by atoms with Crippen LogP contribution in [0.25, 0.3) is 0 Å². The van der Waals surface area contributed by atoms with Crippen molar-refractivity contribution in [2.45, 2.75) is 20.3 Å². The Balaban J connectivity index is 2.12. The summed E-state index contributed by atoms with van der Waals surface area (Å²) in [6.45, 7) is 4.03. The van der Waals surface area contributed by atoms with E-state index in [4.69, 9.17) is 0 Å². The molecule has 3 heteroatoms. The number of halogens is 1. The normalized spacial score (nSPS) is 10.3. The second-order valence-corrected chi connectivity index (χ2v) is 5.50. The predicted molar refractivity (Wildman–Crippen MR) is 82.4 cm³/mol. The lowest BCUT2D eigenvalue weighted by Crippen LogP contribution is -2.15. The van der Waals surface area contributed by atoms with Crippen molar-refractivity contribution in [1.82, 2.24) is 0 Å². The molecule has 0 unspecified atom stereocenters. The molecule has 0 radical (unpaired) electrons. The van der Waals surface area contributed by atoms with Gasteiger partial charge in [-0.3, -0.25) is 4.79 Å². The molecule has 19 heavy (non-hydrogen) atoms. The molecule has 0 aliphatic carbocycles. The third kappa shape index (κ3) is 3.67. The molecule has 2 aromatic carbocycles. The highest BCUT2D eigenvalue weighted by molar-refractivity contribution is 9.10. The number of rotatable bonds is 3. The van der Waals surface area contributed by atoms with Gasteiger partial charge in [-0.1, -0.05) is 36.4 Å². The Labute approximate surface area is 122 Å². The number of aryl methyl sites for hydroxylation is 2. The summed E-state index contributed by atoms with van der Waals surface area (Å²) in [6.07, 6.45) is 0.389. The van der Waals surface area contributed by atoms with E-state index in [-0.39, 0.29) is 5.91 Å². The lowest BCUT2D eigenvalue weighted by atomic mass is 10.1. The van der Waals surface area contributed by atoms with E-state index in [1.54, 1.807) is 0 Å². The van der Waals surface area contributed by atoms with Crippen LogP contribution in [0.5, 0.6) is 0 Å². The standard InChI is InChI=1S/C16H16BrNO/c1-11-8-12(2)16(14(17)9-11)18-15(19)10-13-6-4-3-5-7-13/h3-9H,10H2,1-2H3,(H,18,19). The third-order valence-corrected chi connectivity index (χ3v) is 3.53. The van der Waals surface area contributed by atoms with Crippen molar-refractivity contribution in [2.24, 2.45) is 0 Å². The zero-order chi connectivity index (χ0) is 13.8. The van der Waals surface area contributed by atoms with Gasteiger partial charge >= 0.3 is 0 Å². The summed E-state index contributed by atoms with van der Waals surface area (Å²) in [4.78, 5) is 12.0. The summed E-state index contributed by atoms with van der Waals surface area (Å²) in [5.74, 6) is -0.00106. The van der Waals surface area contributed by atoms with Crippen molar-refractivity contribution in [3.8, 4) is 0 Å². The summed E-state index contributed by atoms with van der Waals surface area (Å²) < 4.78 is 0.923. The average Bonchev–Trinajstić information content (AvgIpc) is 2.35. The average molecular weight is 318 g/mol. The van der Waals surface area contributed by atoms with Crippen LogP contribution in [0.2, 0.25) is 0 Å². The van der Waals surface area contributed by atoms with E-state index in [1.807, 2.05) is 50.2 Å². The van der Waals surface area contributed by atoms with Crippen LogP contribution in [0, 0.1) is 13.8 Å². The maximum atomic E-state index is 12.0. The van der Waals surface area contributed by atoms with E-state index < -0.39 is 0 Å². The van der Waals surface area contributed by atoms with E-state index in [2.05, 4.69) is 27.3 Å². The van der Waals surface area contributed by atoms with E-state index >= 15 is 0 Å². The minimum atomic E-state index is -0.00106. The Morgan fingerprint density at radius 2 is 1.84 bits per heavy atom. The monoisotopic (exact) mass is 317 g/mol. The third-order valence-electron chi connectivity index (χ3n) is 2.90. The zero-order valence-electron chi connectivity index (χ0n) is 11.0. The number of carbonyl (C=O) groups excluding carboxylic acids is 1. The Bertz CT molecular complexity index is 570. The number of hydrogen-bond donors (Lipinski definition) is 1. The fraction of sp³-hybridized carbons (Fsp3) is 0.188. The Kier molecular flexibility index (Phi) is 4.38. The van der Waals surface area contributed by atoms with Gasteiger partial charge in [-0.05, 0) is 52.5 Å². The highest BCUT2D eigenvalue weighted by atomic mass is 79.9. The molecule has 1 N–H and O–H groups in total. The van der Waals surface area contributed by atoms with E-state index in [9.17, 15) is 4.79 Å². The van der Waals surface area contributed by atoms with Gasteiger partial charge in [0.15, 0.2) is 0 Å². The van der Waals surface area contributed by atoms with Gasteiger partial charge in [0.05, 0.1) is 12.1 Å². The molecule has 0 heterocycles. The van der Waals surface area contributed by atoms with Crippen LogP contribution < -0.4 is 5.32 Å². The minimum Gasteiger partial charge on any atom is -0.325 e. The van der Waals surface area contributed by atoms with Gasteiger partial charge in [0.1, 0.15) is 0 Å². The van der Waals surface area contributed by atoms with Gasteiger partial charge in [0.25, 0.3) is 0 Å². The number of hydrogen-bond acceptors (Lipinski definition) is 1. The van der Waals surface area contributed by atoms with Gasteiger partial charge in [-0.2, -0.15) is 0 Å². The number of carbonyl (C=O) groups is 1. The van der Waals surface area contributed by atoms with Crippen LogP contribution in [-0.4, -0.2) is 5.91 Å². The van der Waals surface area contributed by atoms with Crippen molar-refractivity contribution in [3.05, 3.63) is 63.6 Å². The summed E-state index contributed by atoms with van der Waals surface area (Å²) in [7, 11) is 0.